The summed E-state index contributed by atoms with van der Waals surface area (Å²) in [5.74, 6) is -0.417. The standard InChI is InChI=1S/C30H27N3O5/c1-2-30(18-34)13-27(35)37-17-23-24(30)12-26-28-22(15-33(26)29(23)36)21(20-10-6-7-11-25(20)32-28)14-31-38-16-19-8-4-3-5-9-19/h3-12,14,34H,2,13,15-18H2,1H3/b31-14+. The number of nitrogens with zero attached hydrogens (tertiary/aromatic N) is 3. The van der Waals surface area contributed by atoms with Crippen molar-refractivity contribution in [3.05, 3.63) is 98.8 Å². The summed E-state index contributed by atoms with van der Waals surface area (Å²) in [6.45, 7) is 2.19. The summed E-state index contributed by atoms with van der Waals surface area (Å²) >= 11 is 0. The lowest BCUT2D eigenvalue weighted by atomic mass is 9.74. The van der Waals surface area contributed by atoms with Crippen LogP contribution in [0.3, 0.4) is 0 Å². The molecule has 6 rings (SSSR count). The fourth-order valence-electron chi connectivity index (χ4n) is 5.53. The van der Waals surface area contributed by atoms with Gasteiger partial charge in [-0.2, -0.15) is 0 Å². The number of aliphatic hydroxyl groups is 1. The van der Waals surface area contributed by atoms with E-state index in [2.05, 4.69) is 5.16 Å². The van der Waals surface area contributed by atoms with Gasteiger partial charge in [-0.3, -0.25) is 9.59 Å². The van der Waals surface area contributed by atoms with Crippen molar-refractivity contribution in [2.24, 2.45) is 5.16 Å². The van der Waals surface area contributed by atoms with Crippen molar-refractivity contribution >= 4 is 23.1 Å². The molecule has 38 heavy (non-hydrogen) atoms. The lowest BCUT2D eigenvalue weighted by Crippen LogP contribution is -2.35. The second kappa shape index (κ2) is 9.54. The average Bonchev–Trinajstić information content (AvgIpc) is 3.24. The molecule has 8 nitrogen and oxygen atoms in total. The summed E-state index contributed by atoms with van der Waals surface area (Å²) in [5.41, 5.74) is 4.80. The lowest BCUT2D eigenvalue weighted by Gasteiger charge is -2.30. The van der Waals surface area contributed by atoms with Gasteiger partial charge in [0.15, 0.2) is 0 Å². The predicted octanol–water partition coefficient (Wildman–Crippen LogP) is 4.06. The van der Waals surface area contributed by atoms with Gasteiger partial charge in [0.2, 0.25) is 0 Å². The number of pyridine rings is 2. The van der Waals surface area contributed by atoms with Crippen LogP contribution in [-0.4, -0.2) is 33.4 Å². The van der Waals surface area contributed by atoms with Crippen molar-refractivity contribution in [2.75, 3.05) is 6.61 Å². The minimum absolute atomic E-state index is 0.0184. The monoisotopic (exact) mass is 509 g/mol. The van der Waals surface area contributed by atoms with E-state index in [0.717, 1.165) is 27.6 Å². The first-order chi connectivity index (χ1) is 18.5. The van der Waals surface area contributed by atoms with Gasteiger partial charge in [0.05, 0.1) is 48.3 Å². The van der Waals surface area contributed by atoms with E-state index in [1.165, 1.54) is 0 Å². The Hall–Kier alpha value is -4.30. The number of fused-ring (bicyclic) bond motifs is 5. The lowest BCUT2D eigenvalue weighted by molar-refractivity contribution is -0.146. The Labute approximate surface area is 219 Å². The zero-order valence-corrected chi connectivity index (χ0v) is 21.0. The minimum atomic E-state index is -0.882. The van der Waals surface area contributed by atoms with Gasteiger partial charge in [0, 0.05) is 21.9 Å². The second-order valence-electron chi connectivity index (χ2n) is 9.81. The van der Waals surface area contributed by atoms with Crippen molar-refractivity contribution in [3.63, 3.8) is 0 Å². The van der Waals surface area contributed by atoms with Gasteiger partial charge < -0.3 is 19.2 Å². The van der Waals surface area contributed by atoms with Crippen LogP contribution < -0.4 is 5.56 Å². The fraction of sp³-hybridized carbons (Fsp3) is 0.267. The highest BCUT2D eigenvalue weighted by Gasteiger charge is 2.40. The summed E-state index contributed by atoms with van der Waals surface area (Å²) in [6, 6.07) is 19.5. The number of hydrogen-bond donors (Lipinski definition) is 1. The van der Waals surface area contributed by atoms with E-state index in [4.69, 9.17) is 14.6 Å². The molecule has 0 saturated carbocycles. The summed E-state index contributed by atoms with van der Waals surface area (Å²) in [6.07, 6.45) is 2.20. The normalized spacial score (nSPS) is 18.1. The number of para-hydroxylation sites is 1. The van der Waals surface area contributed by atoms with Crippen LogP contribution in [0.15, 0.2) is 70.6 Å². The first kappa shape index (κ1) is 24.1. The van der Waals surface area contributed by atoms with Gasteiger partial charge in [-0.15, -0.1) is 0 Å². The minimum Gasteiger partial charge on any atom is -0.461 e. The molecule has 0 fully saturated rings. The fourth-order valence-corrected chi connectivity index (χ4v) is 5.53. The third kappa shape index (κ3) is 3.88. The zero-order valence-electron chi connectivity index (χ0n) is 21.0. The van der Waals surface area contributed by atoms with Crippen LogP contribution in [-0.2, 0) is 39.5 Å². The van der Waals surface area contributed by atoms with Gasteiger partial charge in [-0.05, 0) is 29.7 Å². The molecule has 0 spiro atoms. The summed E-state index contributed by atoms with van der Waals surface area (Å²) < 4.78 is 7.05. The number of rotatable bonds is 6. The highest BCUT2D eigenvalue weighted by molar-refractivity contribution is 6.02. The molecule has 2 aromatic carbocycles. The van der Waals surface area contributed by atoms with E-state index < -0.39 is 11.4 Å². The smallest absolute Gasteiger partial charge is 0.307 e. The molecule has 0 aliphatic carbocycles. The molecule has 0 radical (unpaired) electrons. The van der Waals surface area contributed by atoms with E-state index in [9.17, 15) is 14.7 Å². The van der Waals surface area contributed by atoms with Gasteiger partial charge >= 0.3 is 5.97 Å². The molecule has 2 aliphatic rings. The van der Waals surface area contributed by atoms with Crippen LogP contribution >= 0.6 is 0 Å². The summed E-state index contributed by atoms with van der Waals surface area (Å²) in [5, 5.41) is 15.6. The second-order valence-corrected chi connectivity index (χ2v) is 9.81. The average molecular weight is 510 g/mol. The number of hydrogen-bond acceptors (Lipinski definition) is 7. The number of ether oxygens (including phenoxy) is 1. The quantitative estimate of drug-likeness (QED) is 0.210. The summed E-state index contributed by atoms with van der Waals surface area (Å²) in [7, 11) is 0. The molecule has 1 N–H and O–H groups in total. The Kier molecular flexibility index (Phi) is 6.04. The van der Waals surface area contributed by atoms with E-state index in [1.807, 2.05) is 67.6 Å². The molecule has 8 heteroatoms. The number of carbonyl (C=O) groups is 1. The number of oxime groups is 1. The molecular weight excluding hydrogens is 482 g/mol. The molecule has 0 amide bonds. The molecular formula is C30H27N3O5. The van der Waals surface area contributed by atoms with Crippen molar-refractivity contribution < 1.29 is 19.5 Å². The van der Waals surface area contributed by atoms with Gasteiger partial charge in [0.25, 0.3) is 5.56 Å². The Balaban J connectivity index is 1.48. The molecule has 192 valence electrons. The molecule has 0 saturated heterocycles. The third-order valence-corrected chi connectivity index (χ3v) is 7.74. The maximum atomic E-state index is 13.8. The molecule has 1 unspecified atom stereocenters. The Bertz CT molecular complexity index is 1640. The van der Waals surface area contributed by atoms with Crippen LogP contribution in [0.1, 0.15) is 47.6 Å². The maximum Gasteiger partial charge on any atom is 0.307 e. The predicted molar refractivity (Wildman–Crippen MR) is 143 cm³/mol. The number of carbonyl (C=O) groups excluding carboxylic acids is 1. The largest absolute Gasteiger partial charge is 0.461 e. The van der Waals surface area contributed by atoms with E-state index in [1.54, 1.807) is 10.8 Å². The maximum absolute atomic E-state index is 13.8. The van der Waals surface area contributed by atoms with Gasteiger partial charge in [0.1, 0.15) is 13.2 Å². The van der Waals surface area contributed by atoms with Gasteiger partial charge in [-0.1, -0.05) is 60.6 Å². The van der Waals surface area contributed by atoms with Crippen molar-refractivity contribution in [2.45, 2.75) is 44.9 Å². The van der Waals surface area contributed by atoms with Crippen molar-refractivity contribution in [3.8, 4) is 11.4 Å². The zero-order chi connectivity index (χ0) is 26.3. The summed E-state index contributed by atoms with van der Waals surface area (Å²) in [4.78, 5) is 36.7. The van der Waals surface area contributed by atoms with Gasteiger partial charge in [-0.25, -0.2) is 4.98 Å². The van der Waals surface area contributed by atoms with Crippen LogP contribution in [0.4, 0.5) is 0 Å². The molecule has 2 aliphatic heterocycles. The highest BCUT2D eigenvalue weighted by Crippen LogP contribution is 2.41. The van der Waals surface area contributed by atoms with Crippen molar-refractivity contribution in [1.29, 1.82) is 0 Å². The third-order valence-electron chi connectivity index (χ3n) is 7.74. The number of esters is 1. The topological polar surface area (TPSA) is 103 Å². The number of aliphatic hydroxyl groups excluding tert-OH is 1. The van der Waals surface area contributed by atoms with Crippen molar-refractivity contribution in [1.82, 2.24) is 9.55 Å². The number of cyclic esters (lactones) is 1. The number of aromatic nitrogens is 2. The van der Waals surface area contributed by atoms with Crippen LogP contribution in [0.5, 0.6) is 0 Å². The molecule has 4 aromatic rings. The van der Waals surface area contributed by atoms with Crippen LogP contribution in [0.2, 0.25) is 0 Å². The molecule has 1 atom stereocenters. The molecule has 4 heterocycles. The van der Waals surface area contributed by atoms with E-state index in [0.29, 0.717) is 42.1 Å². The Morgan fingerprint density at radius 3 is 2.71 bits per heavy atom. The Morgan fingerprint density at radius 2 is 1.92 bits per heavy atom. The van der Waals surface area contributed by atoms with Crippen LogP contribution in [0, 0.1) is 0 Å². The highest BCUT2D eigenvalue weighted by atomic mass is 16.6. The first-order valence-corrected chi connectivity index (χ1v) is 12.7. The molecule has 2 aromatic heterocycles. The Morgan fingerprint density at radius 1 is 1.13 bits per heavy atom. The van der Waals surface area contributed by atoms with E-state index >= 15 is 0 Å². The molecule has 0 bridgehead atoms. The first-order valence-electron chi connectivity index (χ1n) is 12.7. The SMILES string of the molecule is CCC1(CO)CC(=O)OCc2c1cc1n(c2=O)Cc2c-1nc1ccccc1c2/C=N/OCc1ccccc1. The van der Waals surface area contributed by atoms with E-state index in [-0.39, 0.29) is 25.2 Å². The number of benzene rings is 2. The van der Waals surface area contributed by atoms with Crippen LogP contribution in [0.25, 0.3) is 22.3 Å².